The van der Waals surface area contributed by atoms with Crippen molar-refractivity contribution in [2.45, 2.75) is 33.7 Å². The van der Waals surface area contributed by atoms with Crippen LogP contribution in [0.5, 0.6) is 0 Å². The minimum atomic E-state index is -0.485. The Labute approximate surface area is 139 Å². The van der Waals surface area contributed by atoms with Crippen molar-refractivity contribution in [1.82, 2.24) is 9.55 Å². The number of amides is 1. The molecule has 7 heteroatoms. The monoisotopic (exact) mass is 331 g/mol. The molecule has 0 bridgehead atoms. The third kappa shape index (κ3) is 3.92. The van der Waals surface area contributed by atoms with Gasteiger partial charge in [-0.1, -0.05) is 12.1 Å². The van der Waals surface area contributed by atoms with Crippen LogP contribution in [0.25, 0.3) is 0 Å². The van der Waals surface area contributed by atoms with E-state index in [0.29, 0.717) is 11.3 Å². The number of imidazole rings is 1. The summed E-state index contributed by atoms with van der Waals surface area (Å²) in [5.74, 6) is -0.765. The lowest BCUT2D eigenvalue weighted by atomic mass is 10.1. The first kappa shape index (κ1) is 17.5. The standard InChI is InChI=1S/C17H21N3O4/c1-4-24-16(22)13-7-5-6-8-14(13)19-15(21)9-10-20-12(3)11(2)18-17(20)23/h5-8H,4,9-10H2,1-3H3,(H,18,23)(H,19,21). The van der Waals surface area contributed by atoms with E-state index in [-0.39, 0.29) is 31.2 Å². The van der Waals surface area contributed by atoms with E-state index in [2.05, 4.69) is 10.3 Å². The summed E-state index contributed by atoms with van der Waals surface area (Å²) in [4.78, 5) is 38.5. The average molecular weight is 331 g/mol. The quantitative estimate of drug-likeness (QED) is 0.792. The highest BCUT2D eigenvalue weighted by molar-refractivity contribution is 6.01. The zero-order chi connectivity index (χ0) is 17.7. The Morgan fingerprint density at radius 3 is 2.58 bits per heavy atom. The number of carbonyl (C=O) groups excluding carboxylic acids is 2. The van der Waals surface area contributed by atoms with Gasteiger partial charge in [0.1, 0.15) is 0 Å². The van der Waals surface area contributed by atoms with Crippen LogP contribution in [0, 0.1) is 13.8 Å². The maximum atomic E-state index is 12.2. The van der Waals surface area contributed by atoms with Crippen LogP contribution < -0.4 is 11.0 Å². The van der Waals surface area contributed by atoms with Crippen molar-refractivity contribution in [3.8, 4) is 0 Å². The van der Waals surface area contributed by atoms with Gasteiger partial charge in [-0.2, -0.15) is 0 Å². The van der Waals surface area contributed by atoms with Gasteiger partial charge in [-0.05, 0) is 32.9 Å². The molecular formula is C17H21N3O4. The highest BCUT2D eigenvalue weighted by Crippen LogP contribution is 2.16. The summed E-state index contributed by atoms with van der Waals surface area (Å²) in [5, 5.41) is 2.70. The molecule has 1 aromatic carbocycles. The van der Waals surface area contributed by atoms with Crippen molar-refractivity contribution >= 4 is 17.6 Å². The number of hydrogen-bond acceptors (Lipinski definition) is 4. The highest BCUT2D eigenvalue weighted by atomic mass is 16.5. The van der Waals surface area contributed by atoms with E-state index < -0.39 is 5.97 Å². The summed E-state index contributed by atoms with van der Waals surface area (Å²) in [7, 11) is 0. The predicted molar refractivity (Wildman–Crippen MR) is 90.2 cm³/mol. The second kappa shape index (κ2) is 7.63. The van der Waals surface area contributed by atoms with Crippen molar-refractivity contribution in [2.75, 3.05) is 11.9 Å². The van der Waals surface area contributed by atoms with Crippen molar-refractivity contribution in [3.05, 3.63) is 51.7 Å². The van der Waals surface area contributed by atoms with Crippen molar-refractivity contribution in [2.24, 2.45) is 0 Å². The van der Waals surface area contributed by atoms with Crippen LogP contribution in [0.15, 0.2) is 29.1 Å². The van der Waals surface area contributed by atoms with Gasteiger partial charge in [0.05, 0.1) is 17.9 Å². The molecule has 0 unspecified atom stereocenters. The molecule has 1 amide bonds. The van der Waals surface area contributed by atoms with Gasteiger partial charge in [0.15, 0.2) is 0 Å². The summed E-state index contributed by atoms with van der Waals surface area (Å²) < 4.78 is 6.49. The lowest BCUT2D eigenvalue weighted by Crippen LogP contribution is -2.22. The molecule has 2 N–H and O–H groups in total. The fourth-order valence-electron chi connectivity index (χ4n) is 2.35. The number of carbonyl (C=O) groups is 2. The molecule has 0 radical (unpaired) electrons. The highest BCUT2D eigenvalue weighted by Gasteiger charge is 2.14. The van der Waals surface area contributed by atoms with Crippen LogP contribution >= 0.6 is 0 Å². The number of nitrogens with one attached hydrogen (secondary N) is 2. The van der Waals surface area contributed by atoms with E-state index in [1.54, 1.807) is 31.2 Å². The lowest BCUT2D eigenvalue weighted by molar-refractivity contribution is -0.116. The molecule has 0 saturated carbocycles. The second-order valence-corrected chi connectivity index (χ2v) is 5.36. The van der Waals surface area contributed by atoms with Crippen molar-refractivity contribution in [1.29, 1.82) is 0 Å². The number of anilines is 1. The molecule has 7 nitrogen and oxygen atoms in total. The summed E-state index contributed by atoms with van der Waals surface area (Å²) in [6, 6.07) is 6.66. The molecule has 24 heavy (non-hydrogen) atoms. The van der Waals surface area contributed by atoms with Crippen molar-refractivity contribution in [3.63, 3.8) is 0 Å². The van der Waals surface area contributed by atoms with E-state index in [4.69, 9.17) is 4.74 Å². The number of rotatable bonds is 6. The third-order valence-corrected chi connectivity index (χ3v) is 3.75. The van der Waals surface area contributed by atoms with E-state index in [1.807, 2.05) is 13.8 Å². The van der Waals surface area contributed by atoms with Gasteiger partial charge in [-0.25, -0.2) is 9.59 Å². The number of aryl methyl sites for hydroxylation is 1. The van der Waals surface area contributed by atoms with Gasteiger partial charge in [-0.15, -0.1) is 0 Å². The Morgan fingerprint density at radius 2 is 1.96 bits per heavy atom. The molecule has 0 fully saturated rings. The molecule has 0 saturated heterocycles. The van der Waals surface area contributed by atoms with Crippen LogP contribution in [-0.4, -0.2) is 28.0 Å². The minimum absolute atomic E-state index is 0.120. The summed E-state index contributed by atoms with van der Waals surface area (Å²) >= 11 is 0. The lowest BCUT2D eigenvalue weighted by Gasteiger charge is -2.10. The smallest absolute Gasteiger partial charge is 0.340 e. The van der Waals surface area contributed by atoms with Crippen LogP contribution in [0.1, 0.15) is 35.1 Å². The largest absolute Gasteiger partial charge is 0.462 e. The van der Waals surface area contributed by atoms with E-state index in [0.717, 1.165) is 11.4 Å². The van der Waals surface area contributed by atoms with E-state index >= 15 is 0 Å². The van der Waals surface area contributed by atoms with Crippen LogP contribution in [-0.2, 0) is 16.1 Å². The van der Waals surface area contributed by atoms with Crippen molar-refractivity contribution < 1.29 is 14.3 Å². The topological polar surface area (TPSA) is 93.2 Å². The SMILES string of the molecule is CCOC(=O)c1ccccc1NC(=O)CCn1c(C)c(C)[nH]c1=O. The molecular weight excluding hydrogens is 310 g/mol. The van der Waals surface area contributed by atoms with Gasteiger partial charge in [0, 0.05) is 24.4 Å². The molecule has 0 spiro atoms. The molecule has 0 aliphatic rings. The summed E-state index contributed by atoms with van der Waals surface area (Å²) in [6.07, 6.45) is 0.120. The Bertz CT molecular complexity index is 804. The Morgan fingerprint density at radius 1 is 1.25 bits per heavy atom. The van der Waals surface area contributed by atoms with Crippen LogP contribution in [0.4, 0.5) is 5.69 Å². The number of nitrogens with zero attached hydrogens (tertiary/aromatic N) is 1. The van der Waals surface area contributed by atoms with Gasteiger partial charge >= 0.3 is 11.7 Å². The molecule has 0 aliphatic heterocycles. The molecule has 2 rings (SSSR count). The van der Waals surface area contributed by atoms with Crippen LogP contribution in [0.2, 0.25) is 0 Å². The first-order valence-corrected chi connectivity index (χ1v) is 7.76. The number of aromatic amines is 1. The minimum Gasteiger partial charge on any atom is -0.462 e. The molecule has 0 aliphatic carbocycles. The molecule has 0 atom stereocenters. The Hall–Kier alpha value is -2.83. The number of hydrogen-bond donors (Lipinski definition) is 2. The van der Waals surface area contributed by atoms with Gasteiger partial charge < -0.3 is 15.0 Å². The van der Waals surface area contributed by atoms with Gasteiger partial charge in [0.2, 0.25) is 5.91 Å². The third-order valence-electron chi connectivity index (χ3n) is 3.75. The zero-order valence-corrected chi connectivity index (χ0v) is 14.0. The maximum absolute atomic E-state index is 12.2. The normalized spacial score (nSPS) is 10.5. The first-order valence-electron chi connectivity index (χ1n) is 7.76. The number of aromatic nitrogens is 2. The van der Waals surface area contributed by atoms with E-state index in [9.17, 15) is 14.4 Å². The Kier molecular flexibility index (Phi) is 5.57. The molecule has 1 heterocycles. The number of ether oxygens (including phenoxy) is 1. The second-order valence-electron chi connectivity index (χ2n) is 5.36. The number of esters is 1. The fraction of sp³-hybridized carbons (Fsp3) is 0.353. The molecule has 2 aromatic rings. The summed E-state index contributed by atoms with van der Waals surface area (Å²) in [6.45, 7) is 5.88. The molecule has 128 valence electrons. The average Bonchev–Trinajstić information content (AvgIpc) is 2.79. The number of benzene rings is 1. The van der Waals surface area contributed by atoms with Gasteiger partial charge in [-0.3, -0.25) is 9.36 Å². The first-order chi connectivity index (χ1) is 11.4. The van der Waals surface area contributed by atoms with Gasteiger partial charge in [0.25, 0.3) is 0 Å². The Balaban J connectivity index is 2.05. The number of H-pyrrole nitrogens is 1. The fourth-order valence-corrected chi connectivity index (χ4v) is 2.35. The number of para-hydroxylation sites is 1. The van der Waals surface area contributed by atoms with E-state index in [1.165, 1.54) is 4.57 Å². The van der Waals surface area contributed by atoms with Crippen LogP contribution in [0.3, 0.4) is 0 Å². The molecule has 1 aromatic heterocycles. The zero-order valence-electron chi connectivity index (χ0n) is 14.0. The maximum Gasteiger partial charge on any atom is 0.340 e. The predicted octanol–water partition coefficient (Wildman–Crippen LogP) is 2.00. The summed E-state index contributed by atoms with van der Waals surface area (Å²) in [5.41, 5.74) is 2.06.